The van der Waals surface area contributed by atoms with Crippen molar-refractivity contribution in [3.8, 4) is 0 Å². The predicted molar refractivity (Wildman–Crippen MR) is 113 cm³/mol. The van der Waals surface area contributed by atoms with Gasteiger partial charge in [0.2, 0.25) is 5.76 Å². The van der Waals surface area contributed by atoms with Crippen molar-refractivity contribution >= 4 is 11.5 Å². The van der Waals surface area contributed by atoms with Crippen molar-refractivity contribution in [1.82, 2.24) is 5.32 Å². The highest BCUT2D eigenvalue weighted by Crippen LogP contribution is 2.43. The Morgan fingerprint density at radius 3 is 2.45 bits per heavy atom. The summed E-state index contributed by atoms with van der Waals surface area (Å²) in [4.78, 5) is 12.5. The molecule has 1 aromatic heterocycles. The van der Waals surface area contributed by atoms with Gasteiger partial charge in [-0.1, -0.05) is 31.2 Å². The van der Waals surface area contributed by atoms with Crippen LogP contribution in [-0.2, 0) is 19.0 Å². The molecule has 0 radical (unpaired) electrons. The van der Waals surface area contributed by atoms with E-state index in [1.165, 1.54) is 12.2 Å². The minimum absolute atomic E-state index is 0.0352. The van der Waals surface area contributed by atoms with Crippen LogP contribution in [0.1, 0.15) is 59.2 Å². The van der Waals surface area contributed by atoms with Crippen molar-refractivity contribution in [1.29, 1.82) is 0 Å². The molecule has 174 valence electrons. The molecule has 0 fully saturated rings. The fourth-order valence-corrected chi connectivity index (χ4v) is 4.26. The van der Waals surface area contributed by atoms with Gasteiger partial charge in [0.05, 0.1) is 0 Å². The Bertz CT molecular complexity index is 1150. The second-order valence-corrected chi connectivity index (χ2v) is 8.11. The van der Waals surface area contributed by atoms with Crippen LogP contribution in [0.4, 0.5) is 22.0 Å². The summed E-state index contributed by atoms with van der Waals surface area (Å²) in [5.74, 6) is -3.94. The lowest BCUT2D eigenvalue weighted by Crippen LogP contribution is -2.24. The molecule has 1 atom stereocenters. The van der Waals surface area contributed by atoms with Gasteiger partial charge in [0.25, 0.3) is 5.91 Å². The van der Waals surface area contributed by atoms with E-state index in [-0.39, 0.29) is 17.2 Å². The van der Waals surface area contributed by atoms with E-state index in [0.717, 1.165) is 31.0 Å². The Hall–Kier alpha value is -3.16. The van der Waals surface area contributed by atoms with Crippen LogP contribution in [0.15, 0.2) is 52.6 Å². The number of furan rings is 1. The molecule has 4 rings (SSSR count). The van der Waals surface area contributed by atoms with Crippen LogP contribution < -0.4 is 5.32 Å². The fourth-order valence-electron chi connectivity index (χ4n) is 4.26. The molecule has 1 N–H and O–H groups in total. The number of aryl methyl sites for hydroxylation is 1. The van der Waals surface area contributed by atoms with Crippen LogP contribution in [0.5, 0.6) is 0 Å². The number of carbonyl (C=O) groups excluding carboxylic acids is 1. The molecular formula is C25H22F5NO2. The Morgan fingerprint density at radius 1 is 1.09 bits per heavy atom. The number of benzene rings is 1. The predicted octanol–water partition coefficient (Wildman–Crippen LogP) is 6.75. The molecular weight excluding hydrogens is 441 g/mol. The quantitative estimate of drug-likeness (QED) is 0.510. The molecule has 0 spiro atoms. The summed E-state index contributed by atoms with van der Waals surface area (Å²) in [6.45, 7) is 1.85. The van der Waals surface area contributed by atoms with Gasteiger partial charge in [0, 0.05) is 23.2 Å². The maximum atomic E-state index is 14.0. The first-order valence-corrected chi connectivity index (χ1v) is 10.8. The van der Waals surface area contributed by atoms with Gasteiger partial charge < -0.3 is 9.73 Å². The Labute approximate surface area is 187 Å². The van der Waals surface area contributed by atoms with Gasteiger partial charge in [0.15, 0.2) is 0 Å². The van der Waals surface area contributed by atoms with Crippen LogP contribution >= 0.6 is 0 Å². The molecule has 1 aromatic carbocycles. The molecule has 3 nitrogen and oxygen atoms in total. The van der Waals surface area contributed by atoms with Crippen molar-refractivity contribution in [3.05, 3.63) is 88.0 Å². The van der Waals surface area contributed by atoms with Gasteiger partial charge in [-0.15, -0.1) is 0 Å². The number of fused-ring (bicyclic) bond motifs is 1. The molecule has 0 aliphatic heterocycles. The van der Waals surface area contributed by atoms with E-state index in [4.69, 9.17) is 4.42 Å². The smallest absolute Gasteiger partial charge is 0.450 e. The lowest BCUT2D eigenvalue weighted by molar-refractivity contribution is -0.153. The van der Waals surface area contributed by atoms with E-state index >= 15 is 0 Å². The highest BCUT2D eigenvalue weighted by atomic mass is 19.4. The van der Waals surface area contributed by atoms with Crippen LogP contribution in [0.2, 0.25) is 0 Å². The molecule has 0 saturated carbocycles. The van der Waals surface area contributed by atoms with E-state index in [9.17, 15) is 26.7 Å². The number of rotatable bonds is 4. The maximum absolute atomic E-state index is 14.0. The maximum Gasteiger partial charge on any atom is 0.450 e. The molecule has 1 amide bonds. The van der Waals surface area contributed by atoms with E-state index < -0.39 is 35.0 Å². The summed E-state index contributed by atoms with van der Waals surface area (Å²) in [7, 11) is 0. The van der Waals surface area contributed by atoms with Crippen molar-refractivity contribution in [2.75, 3.05) is 0 Å². The number of alkyl halides is 3. The average Bonchev–Trinajstić information content (AvgIpc) is 3.04. The minimum atomic E-state index is -4.65. The molecule has 8 heteroatoms. The zero-order valence-electron chi connectivity index (χ0n) is 17.9. The lowest BCUT2D eigenvalue weighted by Gasteiger charge is -2.13. The van der Waals surface area contributed by atoms with Crippen LogP contribution in [-0.4, -0.2) is 5.91 Å². The summed E-state index contributed by atoms with van der Waals surface area (Å²) in [5, 5.41) is 2.47. The van der Waals surface area contributed by atoms with Gasteiger partial charge in [0.1, 0.15) is 23.0 Å². The summed E-state index contributed by atoms with van der Waals surface area (Å²) < 4.78 is 74.6. The molecule has 2 aromatic rings. The molecule has 33 heavy (non-hydrogen) atoms. The molecule has 1 unspecified atom stereocenters. The number of halogens is 5. The standard InChI is InChI=1S/C25H22F5NO2/c1-2-14-12-15(21-17-6-3-4-9-20(17)33-23(21)25(28,29)30)10-11-16(13-14)31-24(32)22-18(26)7-5-8-19(22)27/h5,7-8,10-14H,2-4,6,9H2,1H3,(H,31,32). The molecule has 0 bridgehead atoms. The summed E-state index contributed by atoms with van der Waals surface area (Å²) >= 11 is 0. The summed E-state index contributed by atoms with van der Waals surface area (Å²) in [6.07, 6.45) is 4.68. The highest BCUT2D eigenvalue weighted by molar-refractivity contribution is 5.96. The second-order valence-electron chi connectivity index (χ2n) is 8.11. The van der Waals surface area contributed by atoms with Crippen LogP contribution in [0, 0.1) is 17.6 Å². The highest BCUT2D eigenvalue weighted by Gasteiger charge is 2.41. The van der Waals surface area contributed by atoms with Crippen LogP contribution in [0.3, 0.4) is 0 Å². The monoisotopic (exact) mass is 463 g/mol. The lowest BCUT2D eigenvalue weighted by atomic mass is 9.89. The van der Waals surface area contributed by atoms with E-state index in [1.54, 1.807) is 12.2 Å². The Morgan fingerprint density at radius 2 is 1.79 bits per heavy atom. The average molecular weight is 463 g/mol. The second kappa shape index (κ2) is 9.00. The Kier molecular flexibility index (Phi) is 6.28. The van der Waals surface area contributed by atoms with Crippen molar-refractivity contribution in [2.45, 2.75) is 45.2 Å². The molecule has 0 saturated heterocycles. The number of carbonyl (C=O) groups is 1. The van der Waals surface area contributed by atoms with Crippen molar-refractivity contribution < 1.29 is 31.2 Å². The number of amides is 1. The first-order valence-electron chi connectivity index (χ1n) is 10.8. The van der Waals surface area contributed by atoms with Gasteiger partial charge in [-0.25, -0.2) is 8.78 Å². The minimum Gasteiger partial charge on any atom is -0.456 e. The first kappa shape index (κ1) is 23.0. The van der Waals surface area contributed by atoms with Crippen molar-refractivity contribution in [3.63, 3.8) is 0 Å². The number of hydrogen-bond donors (Lipinski definition) is 1. The van der Waals surface area contributed by atoms with E-state index in [2.05, 4.69) is 5.32 Å². The van der Waals surface area contributed by atoms with Gasteiger partial charge >= 0.3 is 6.18 Å². The zero-order valence-corrected chi connectivity index (χ0v) is 17.9. The third kappa shape index (κ3) is 4.65. The Balaban J connectivity index is 1.69. The van der Waals surface area contributed by atoms with Gasteiger partial charge in [-0.2, -0.15) is 13.2 Å². The van der Waals surface area contributed by atoms with Gasteiger partial charge in [-0.3, -0.25) is 4.79 Å². The van der Waals surface area contributed by atoms with E-state index in [1.807, 2.05) is 6.92 Å². The van der Waals surface area contributed by atoms with E-state index in [0.29, 0.717) is 36.2 Å². The molecule has 1 heterocycles. The van der Waals surface area contributed by atoms with Gasteiger partial charge in [-0.05, 0) is 55.4 Å². The van der Waals surface area contributed by atoms with Crippen LogP contribution in [0.25, 0.3) is 5.57 Å². The van der Waals surface area contributed by atoms with Crippen molar-refractivity contribution in [2.24, 2.45) is 5.92 Å². The first-order chi connectivity index (χ1) is 15.7. The SMILES string of the molecule is CCC1C=C(NC(=O)c2c(F)cccc2F)C=CC(c2c(C(F)(F)F)oc3c2CCCC3)=C1. The normalized spacial score (nSPS) is 18.3. The topological polar surface area (TPSA) is 42.2 Å². The number of hydrogen-bond acceptors (Lipinski definition) is 2. The number of allylic oxidation sites excluding steroid dienone is 5. The number of nitrogens with one attached hydrogen (secondary N) is 1. The largest absolute Gasteiger partial charge is 0.456 e. The summed E-state index contributed by atoms with van der Waals surface area (Å²) in [6, 6.07) is 3.11. The summed E-state index contributed by atoms with van der Waals surface area (Å²) in [5.41, 5.74) is 0.471. The third-order valence-electron chi connectivity index (χ3n) is 5.87. The fraction of sp³-hybridized carbons (Fsp3) is 0.320. The third-order valence-corrected chi connectivity index (χ3v) is 5.87. The molecule has 2 aliphatic rings. The molecule has 2 aliphatic carbocycles. The zero-order chi connectivity index (χ0) is 23.8.